The Morgan fingerprint density at radius 2 is 2.04 bits per heavy atom. The molecular formula is C19H27N3O3. The molecule has 25 heavy (non-hydrogen) atoms. The van der Waals surface area contributed by atoms with Crippen molar-refractivity contribution in [3.05, 3.63) is 47.9 Å². The Balaban J connectivity index is 1.58. The molecule has 2 heterocycles. The summed E-state index contributed by atoms with van der Waals surface area (Å²) in [7, 11) is 0. The van der Waals surface area contributed by atoms with E-state index < -0.39 is 0 Å². The summed E-state index contributed by atoms with van der Waals surface area (Å²) in [5.41, 5.74) is 2.24. The number of piperazine rings is 1. The van der Waals surface area contributed by atoms with Crippen LogP contribution in [0.25, 0.3) is 0 Å². The first-order chi connectivity index (χ1) is 12.3. The second-order valence-corrected chi connectivity index (χ2v) is 6.44. The Hall–Kier alpha value is -1.89. The van der Waals surface area contributed by atoms with Crippen LogP contribution in [0.4, 0.5) is 0 Å². The van der Waals surface area contributed by atoms with E-state index in [1.165, 1.54) is 5.56 Å². The summed E-state index contributed by atoms with van der Waals surface area (Å²) in [6, 6.07) is 10.6. The SMILES string of the molecule is CCOc1ccc(CN2CCN(Cc3ccon3)C[C@@H]2CCO)cc1. The van der Waals surface area contributed by atoms with Crippen LogP contribution in [-0.2, 0) is 13.1 Å². The molecule has 3 rings (SSSR count). The van der Waals surface area contributed by atoms with Crippen molar-refractivity contribution < 1.29 is 14.4 Å². The van der Waals surface area contributed by atoms with Gasteiger partial charge in [-0.1, -0.05) is 17.3 Å². The Morgan fingerprint density at radius 3 is 2.72 bits per heavy atom. The van der Waals surface area contributed by atoms with E-state index in [-0.39, 0.29) is 6.61 Å². The number of nitrogens with zero attached hydrogens (tertiary/aromatic N) is 3. The van der Waals surface area contributed by atoms with E-state index in [1.54, 1.807) is 6.26 Å². The maximum atomic E-state index is 9.45. The predicted molar refractivity (Wildman–Crippen MR) is 95.3 cm³/mol. The standard InChI is InChI=1S/C19H27N3O3/c1-2-24-19-5-3-16(4-6-19)13-22-10-9-21(15-18(22)7-11-23)14-17-8-12-25-20-17/h3-6,8,12,18,23H,2,7,9-11,13-15H2,1H3/t18-/m0/s1. The monoisotopic (exact) mass is 345 g/mol. The maximum Gasteiger partial charge on any atom is 0.124 e. The van der Waals surface area contributed by atoms with E-state index in [9.17, 15) is 5.11 Å². The highest BCUT2D eigenvalue weighted by atomic mass is 16.5. The van der Waals surface area contributed by atoms with Gasteiger partial charge in [0.1, 0.15) is 12.0 Å². The van der Waals surface area contributed by atoms with Crippen molar-refractivity contribution in [2.45, 2.75) is 32.5 Å². The first-order valence-electron chi connectivity index (χ1n) is 8.96. The maximum absolute atomic E-state index is 9.45. The largest absolute Gasteiger partial charge is 0.494 e. The molecule has 0 aliphatic carbocycles. The van der Waals surface area contributed by atoms with Gasteiger partial charge in [-0.3, -0.25) is 9.80 Å². The highest BCUT2D eigenvalue weighted by Gasteiger charge is 2.27. The van der Waals surface area contributed by atoms with Crippen LogP contribution in [0, 0.1) is 0 Å². The zero-order chi connectivity index (χ0) is 17.5. The Morgan fingerprint density at radius 1 is 1.20 bits per heavy atom. The van der Waals surface area contributed by atoms with E-state index in [0.717, 1.165) is 50.6 Å². The molecule has 1 N–H and O–H groups in total. The second kappa shape index (κ2) is 8.99. The molecule has 1 aromatic carbocycles. The number of benzene rings is 1. The quantitative estimate of drug-likeness (QED) is 0.791. The summed E-state index contributed by atoms with van der Waals surface area (Å²) in [4.78, 5) is 4.85. The van der Waals surface area contributed by atoms with Crippen molar-refractivity contribution >= 4 is 0 Å². The minimum Gasteiger partial charge on any atom is -0.494 e. The van der Waals surface area contributed by atoms with Crippen LogP contribution in [-0.4, -0.2) is 59.0 Å². The Kier molecular flexibility index (Phi) is 6.44. The lowest BCUT2D eigenvalue weighted by Crippen LogP contribution is -2.52. The average molecular weight is 345 g/mol. The van der Waals surface area contributed by atoms with Crippen molar-refractivity contribution in [3.8, 4) is 5.75 Å². The van der Waals surface area contributed by atoms with Gasteiger partial charge in [0.05, 0.1) is 12.3 Å². The molecule has 0 radical (unpaired) electrons. The second-order valence-electron chi connectivity index (χ2n) is 6.44. The van der Waals surface area contributed by atoms with Crippen molar-refractivity contribution in [3.63, 3.8) is 0 Å². The molecule has 1 fully saturated rings. The molecular weight excluding hydrogens is 318 g/mol. The molecule has 1 aliphatic rings. The lowest BCUT2D eigenvalue weighted by Gasteiger charge is -2.41. The van der Waals surface area contributed by atoms with E-state index >= 15 is 0 Å². The summed E-state index contributed by atoms with van der Waals surface area (Å²) in [6.45, 7) is 7.50. The van der Waals surface area contributed by atoms with Crippen LogP contribution in [0.1, 0.15) is 24.6 Å². The number of aliphatic hydroxyl groups is 1. The van der Waals surface area contributed by atoms with E-state index in [4.69, 9.17) is 9.26 Å². The molecule has 136 valence electrons. The molecule has 0 amide bonds. The van der Waals surface area contributed by atoms with Gasteiger partial charge in [0.15, 0.2) is 0 Å². The van der Waals surface area contributed by atoms with E-state index in [2.05, 4.69) is 27.1 Å². The molecule has 1 aliphatic heterocycles. The predicted octanol–water partition coefficient (Wildman–Crippen LogP) is 2.14. The number of aliphatic hydroxyl groups excluding tert-OH is 1. The number of hydrogen-bond acceptors (Lipinski definition) is 6. The third kappa shape index (κ3) is 5.04. The number of ether oxygens (including phenoxy) is 1. The molecule has 6 nitrogen and oxygen atoms in total. The first-order valence-corrected chi connectivity index (χ1v) is 8.96. The molecule has 0 unspecified atom stereocenters. The smallest absolute Gasteiger partial charge is 0.124 e. The summed E-state index contributed by atoms with van der Waals surface area (Å²) in [5, 5.41) is 13.5. The third-order valence-corrected chi connectivity index (χ3v) is 4.65. The summed E-state index contributed by atoms with van der Waals surface area (Å²) >= 11 is 0. The van der Waals surface area contributed by atoms with Crippen LogP contribution in [0.2, 0.25) is 0 Å². The van der Waals surface area contributed by atoms with E-state index in [0.29, 0.717) is 12.6 Å². The molecule has 0 saturated carbocycles. The van der Waals surface area contributed by atoms with Crippen molar-refractivity contribution in [1.29, 1.82) is 0 Å². The highest BCUT2D eigenvalue weighted by molar-refractivity contribution is 5.27. The molecule has 1 atom stereocenters. The highest BCUT2D eigenvalue weighted by Crippen LogP contribution is 2.19. The summed E-state index contributed by atoms with van der Waals surface area (Å²) in [6.07, 6.45) is 2.40. The minimum absolute atomic E-state index is 0.211. The van der Waals surface area contributed by atoms with Gasteiger partial charge < -0.3 is 14.4 Å². The normalized spacial score (nSPS) is 19.2. The fourth-order valence-corrected chi connectivity index (χ4v) is 3.37. The molecule has 2 aromatic rings. The van der Waals surface area contributed by atoms with Gasteiger partial charge in [0.25, 0.3) is 0 Å². The van der Waals surface area contributed by atoms with Crippen molar-refractivity contribution in [2.24, 2.45) is 0 Å². The summed E-state index contributed by atoms with van der Waals surface area (Å²) in [5.74, 6) is 0.913. The van der Waals surface area contributed by atoms with Crippen molar-refractivity contribution in [1.82, 2.24) is 15.0 Å². The van der Waals surface area contributed by atoms with Crippen LogP contribution < -0.4 is 4.74 Å². The fourth-order valence-electron chi connectivity index (χ4n) is 3.37. The lowest BCUT2D eigenvalue weighted by atomic mass is 10.1. The molecule has 0 bridgehead atoms. The Labute approximate surface area is 149 Å². The van der Waals surface area contributed by atoms with E-state index in [1.807, 2.05) is 25.1 Å². The number of rotatable bonds is 8. The van der Waals surface area contributed by atoms with Gasteiger partial charge in [-0.05, 0) is 31.0 Å². The van der Waals surface area contributed by atoms with Gasteiger partial charge in [0.2, 0.25) is 0 Å². The van der Waals surface area contributed by atoms with Gasteiger partial charge in [-0.25, -0.2) is 0 Å². The minimum atomic E-state index is 0.211. The summed E-state index contributed by atoms with van der Waals surface area (Å²) < 4.78 is 10.4. The fraction of sp³-hybridized carbons (Fsp3) is 0.526. The van der Waals surface area contributed by atoms with Gasteiger partial charge in [-0.15, -0.1) is 0 Å². The van der Waals surface area contributed by atoms with Crippen molar-refractivity contribution in [2.75, 3.05) is 32.8 Å². The molecule has 6 heteroatoms. The topological polar surface area (TPSA) is 62.0 Å². The Bertz CT molecular complexity index is 615. The molecule has 1 saturated heterocycles. The van der Waals surface area contributed by atoms with Gasteiger partial charge >= 0.3 is 0 Å². The van der Waals surface area contributed by atoms with Gasteiger partial charge in [-0.2, -0.15) is 0 Å². The number of hydrogen-bond donors (Lipinski definition) is 1. The first kappa shape index (κ1) is 17.9. The van der Waals surface area contributed by atoms with Crippen LogP contribution >= 0.6 is 0 Å². The zero-order valence-corrected chi connectivity index (χ0v) is 14.8. The number of aromatic nitrogens is 1. The van der Waals surface area contributed by atoms with Crippen LogP contribution in [0.15, 0.2) is 41.1 Å². The zero-order valence-electron chi connectivity index (χ0n) is 14.8. The molecule has 1 aromatic heterocycles. The van der Waals surface area contributed by atoms with Gasteiger partial charge in [0, 0.05) is 51.4 Å². The third-order valence-electron chi connectivity index (χ3n) is 4.65. The lowest BCUT2D eigenvalue weighted by molar-refractivity contribution is 0.0489. The van der Waals surface area contributed by atoms with Crippen LogP contribution in [0.5, 0.6) is 5.75 Å². The molecule has 0 spiro atoms. The van der Waals surface area contributed by atoms with Crippen LogP contribution in [0.3, 0.4) is 0 Å². The average Bonchev–Trinajstić information content (AvgIpc) is 3.12.